The van der Waals surface area contributed by atoms with Gasteiger partial charge < -0.3 is 9.73 Å². The Morgan fingerprint density at radius 3 is 2.66 bits per heavy atom. The van der Waals surface area contributed by atoms with Gasteiger partial charge in [-0.05, 0) is 46.4 Å². The van der Waals surface area contributed by atoms with Crippen LogP contribution >= 0.6 is 0 Å². The maximum absolute atomic E-state index is 13.6. The minimum absolute atomic E-state index is 0.00623. The molecule has 6 rings (SSSR count). The Balaban J connectivity index is 1.50. The van der Waals surface area contributed by atoms with E-state index >= 15 is 0 Å². The first kappa shape index (κ1) is 21.4. The second-order valence-electron chi connectivity index (χ2n) is 10.1. The predicted molar refractivity (Wildman–Crippen MR) is 136 cm³/mol. The number of furan rings is 1. The fourth-order valence-electron chi connectivity index (χ4n) is 5.49. The molecule has 1 aliphatic carbocycles. The largest absolute Gasteiger partial charge is 0.459 e. The lowest BCUT2D eigenvalue weighted by Gasteiger charge is -2.39. The third-order valence-corrected chi connectivity index (χ3v) is 6.99. The van der Waals surface area contributed by atoms with E-state index in [1.807, 2.05) is 24.3 Å². The van der Waals surface area contributed by atoms with E-state index in [0.29, 0.717) is 23.5 Å². The molecule has 0 amide bonds. The predicted octanol–water partition coefficient (Wildman–Crippen LogP) is 7.32. The minimum Gasteiger partial charge on any atom is -0.459 e. The molecule has 6 heteroatoms. The number of non-ortho nitro benzene ring substituents is 1. The third-order valence-electron chi connectivity index (χ3n) is 6.99. The second-order valence-corrected chi connectivity index (χ2v) is 10.1. The van der Waals surface area contributed by atoms with Crippen molar-refractivity contribution < 1.29 is 14.1 Å². The van der Waals surface area contributed by atoms with Crippen molar-refractivity contribution in [1.82, 2.24) is 0 Å². The van der Waals surface area contributed by atoms with Crippen LogP contribution < -0.4 is 5.32 Å². The molecule has 4 aromatic rings. The molecule has 0 spiro atoms. The summed E-state index contributed by atoms with van der Waals surface area (Å²) < 4.78 is 6.22. The van der Waals surface area contributed by atoms with Crippen LogP contribution in [0.15, 0.2) is 82.8 Å². The standard InChI is InChI=1S/C29H24N2O4/c1-29(2)15-21-26-20-9-4-3-6-17(20)10-11-22(26)30-28(27(21)23(32)16-29)25-13-12-24(35-25)18-7-5-8-19(14-18)31(33)34/h3-14,28,30H,15-16H2,1-2H3. The Morgan fingerprint density at radius 1 is 1.00 bits per heavy atom. The van der Waals surface area contributed by atoms with Crippen LogP contribution in [-0.2, 0) is 4.79 Å². The molecule has 1 aromatic heterocycles. The Morgan fingerprint density at radius 2 is 1.83 bits per heavy atom. The van der Waals surface area contributed by atoms with Crippen molar-refractivity contribution in [3.63, 3.8) is 0 Å². The summed E-state index contributed by atoms with van der Waals surface area (Å²) in [5.41, 5.74) is 4.41. The summed E-state index contributed by atoms with van der Waals surface area (Å²) in [5.74, 6) is 1.27. The number of allylic oxidation sites excluding steroid dienone is 1. The molecule has 2 heterocycles. The molecule has 1 unspecified atom stereocenters. The number of carbonyl (C=O) groups is 1. The zero-order chi connectivity index (χ0) is 24.3. The van der Waals surface area contributed by atoms with Crippen LogP contribution in [0.2, 0.25) is 0 Å². The Bertz CT molecular complexity index is 1560. The van der Waals surface area contributed by atoms with Gasteiger partial charge in [0.05, 0.1) is 4.92 Å². The first-order valence-electron chi connectivity index (χ1n) is 11.7. The van der Waals surface area contributed by atoms with Crippen LogP contribution in [0.4, 0.5) is 11.4 Å². The number of nitro groups is 1. The van der Waals surface area contributed by atoms with Crippen molar-refractivity contribution in [2.75, 3.05) is 5.32 Å². The van der Waals surface area contributed by atoms with Gasteiger partial charge in [0.15, 0.2) is 5.78 Å². The summed E-state index contributed by atoms with van der Waals surface area (Å²) in [5, 5.41) is 17.1. The van der Waals surface area contributed by atoms with Crippen molar-refractivity contribution in [2.45, 2.75) is 32.7 Å². The van der Waals surface area contributed by atoms with Crippen molar-refractivity contribution in [2.24, 2.45) is 5.41 Å². The van der Waals surface area contributed by atoms with Crippen molar-refractivity contribution >= 4 is 33.5 Å². The number of anilines is 1. The lowest BCUT2D eigenvalue weighted by atomic mass is 9.68. The first-order valence-corrected chi connectivity index (χ1v) is 11.7. The van der Waals surface area contributed by atoms with Crippen LogP contribution in [0.1, 0.15) is 44.1 Å². The number of ketones is 1. The number of rotatable bonds is 3. The molecule has 0 saturated carbocycles. The second kappa shape index (κ2) is 7.67. The normalized spacial score (nSPS) is 18.7. The van der Waals surface area contributed by atoms with Gasteiger partial charge in [-0.1, -0.05) is 56.3 Å². The van der Waals surface area contributed by atoms with Gasteiger partial charge in [-0.3, -0.25) is 14.9 Å². The highest BCUT2D eigenvalue weighted by atomic mass is 16.6. The fourth-order valence-corrected chi connectivity index (χ4v) is 5.49. The smallest absolute Gasteiger partial charge is 0.270 e. The number of hydrogen-bond acceptors (Lipinski definition) is 5. The summed E-state index contributed by atoms with van der Waals surface area (Å²) >= 11 is 0. The third kappa shape index (κ3) is 3.53. The van der Waals surface area contributed by atoms with Crippen molar-refractivity contribution in [3.05, 3.63) is 99.8 Å². The fraction of sp³-hybridized carbons (Fsp3) is 0.207. The molecular weight excluding hydrogens is 440 g/mol. The summed E-state index contributed by atoms with van der Waals surface area (Å²) in [6.07, 6.45) is 1.27. The summed E-state index contributed by atoms with van der Waals surface area (Å²) in [7, 11) is 0. The Labute approximate surface area is 202 Å². The molecule has 174 valence electrons. The van der Waals surface area contributed by atoms with E-state index in [0.717, 1.165) is 39.6 Å². The van der Waals surface area contributed by atoms with Gasteiger partial charge in [0, 0.05) is 40.9 Å². The number of fused-ring (bicyclic) bond motifs is 4. The molecule has 2 aliphatic rings. The molecule has 0 fully saturated rings. The molecule has 1 N–H and O–H groups in total. The molecule has 0 bridgehead atoms. The highest BCUT2D eigenvalue weighted by molar-refractivity contribution is 6.12. The number of nitrogens with one attached hydrogen (secondary N) is 1. The van der Waals surface area contributed by atoms with E-state index in [9.17, 15) is 14.9 Å². The Hall–Kier alpha value is -4.19. The average Bonchev–Trinajstić information content (AvgIpc) is 3.33. The van der Waals surface area contributed by atoms with Gasteiger partial charge >= 0.3 is 0 Å². The molecule has 1 aliphatic heterocycles. The lowest BCUT2D eigenvalue weighted by molar-refractivity contribution is -0.384. The van der Waals surface area contributed by atoms with E-state index in [1.165, 1.54) is 12.1 Å². The molecule has 0 radical (unpaired) electrons. The van der Waals surface area contributed by atoms with E-state index in [1.54, 1.807) is 12.1 Å². The maximum Gasteiger partial charge on any atom is 0.270 e. The number of nitro benzene ring substituents is 1. The maximum atomic E-state index is 13.6. The lowest BCUT2D eigenvalue weighted by Crippen LogP contribution is -2.33. The van der Waals surface area contributed by atoms with Gasteiger partial charge in [-0.15, -0.1) is 0 Å². The van der Waals surface area contributed by atoms with Gasteiger partial charge in [-0.25, -0.2) is 0 Å². The average molecular weight is 465 g/mol. The zero-order valence-corrected chi connectivity index (χ0v) is 19.5. The number of hydrogen-bond donors (Lipinski definition) is 1. The highest BCUT2D eigenvalue weighted by Crippen LogP contribution is 2.52. The minimum atomic E-state index is -0.422. The van der Waals surface area contributed by atoms with E-state index in [2.05, 4.69) is 43.4 Å². The van der Waals surface area contributed by atoms with Crippen LogP contribution in [0, 0.1) is 15.5 Å². The van der Waals surface area contributed by atoms with Crippen molar-refractivity contribution in [3.8, 4) is 11.3 Å². The number of benzene rings is 3. The topological polar surface area (TPSA) is 85.4 Å². The monoisotopic (exact) mass is 464 g/mol. The summed E-state index contributed by atoms with van der Waals surface area (Å²) in [6.45, 7) is 4.29. The van der Waals surface area contributed by atoms with E-state index < -0.39 is 11.0 Å². The highest BCUT2D eigenvalue weighted by Gasteiger charge is 2.41. The number of Topliss-reactive ketones (excluding diaryl/α,β-unsaturated/α-hetero) is 1. The van der Waals surface area contributed by atoms with Gasteiger partial charge in [0.1, 0.15) is 17.6 Å². The van der Waals surface area contributed by atoms with E-state index in [4.69, 9.17) is 4.42 Å². The van der Waals surface area contributed by atoms with Gasteiger partial charge in [0.25, 0.3) is 5.69 Å². The van der Waals surface area contributed by atoms with Gasteiger partial charge in [-0.2, -0.15) is 0 Å². The first-order chi connectivity index (χ1) is 16.8. The molecule has 0 saturated heterocycles. The quantitative estimate of drug-likeness (QED) is 0.254. The summed E-state index contributed by atoms with van der Waals surface area (Å²) in [4.78, 5) is 24.4. The van der Waals surface area contributed by atoms with E-state index in [-0.39, 0.29) is 16.9 Å². The Kier molecular flexibility index (Phi) is 4.68. The van der Waals surface area contributed by atoms with Crippen LogP contribution in [0.5, 0.6) is 0 Å². The zero-order valence-electron chi connectivity index (χ0n) is 19.5. The molecular formula is C29H24N2O4. The van der Waals surface area contributed by atoms with Crippen LogP contribution in [-0.4, -0.2) is 10.7 Å². The molecule has 1 atom stereocenters. The van der Waals surface area contributed by atoms with Crippen LogP contribution in [0.25, 0.3) is 27.7 Å². The number of nitrogens with zero attached hydrogens (tertiary/aromatic N) is 1. The summed E-state index contributed by atoms with van der Waals surface area (Å²) in [6, 6.07) is 22.0. The molecule has 35 heavy (non-hydrogen) atoms. The molecule has 6 nitrogen and oxygen atoms in total. The van der Waals surface area contributed by atoms with Gasteiger partial charge in [0.2, 0.25) is 0 Å². The number of carbonyl (C=O) groups excluding carboxylic acids is 1. The van der Waals surface area contributed by atoms with Crippen molar-refractivity contribution in [1.29, 1.82) is 0 Å². The van der Waals surface area contributed by atoms with Crippen LogP contribution in [0.3, 0.4) is 0 Å². The SMILES string of the molecule is CC1(C)CC(=O)C2=C(C1)c1c(ccc3ccccc13)NC2c1ccc(-c2cccc([N+](=O)[O-])c2)o1. The molecule has 3 aromatic carbocycles.